The van der Waals surface area contributed by atoms with Gasteiger partial charge in [-0.2, -0.15) is 0 Å². The van der Waals surface area contributed by atoms with Crippen molar-refractivity contribution in [1.29, 1.82) is 0 Å². The van der Waals surface area contributed by atoms with Crippen LogP contribution in [0.3, 0.4) is 0 Å². The van der Waals surface area contributed by atoms with E-state index in [0.29, 0.717) is 6.42 Å². The topological polar surface area (TPSA) is 39.2 Å². The Morgan fingerprint density at radius 3 is 2.87 bits per heavy atom. The summed E-state index contributed by atoms with van der Waals surface area (Å²) >= 11 is 0. The van der Waals surface area contributed by atoms with Gasteiger partial charge in [-0.1, -0.05) is 12.2 Å². The van der Waals surface area contributed by atoms with Gasteiger partial charge in [-0.05, 0) is 30.5 Å². The average molecular weight is 205 g/mol. The zero-order valence-electron chi connectivity index (χ0n) is 8.85. The highest BCUT2D eigenvalue weighted by Crippen LogP contribution is 2.03. The maximum Gasteiger partial charge on any atom is 0.305 e. The van der Waals surface area contributed by atoms with Crippen molar-refractivity contribution in [2.45, 2.75) is 19.3 Å². The first kappa shape index (κ1) is 11.4. The maximum atomic E-state index is 10.8. The van der Waals surface area contributed by atoms with Crippen LogP contribution in [0.2, 0.25) is 0 Å². The summed E-state index contributed by atoms with van der Waals surface area (Å²) in [5.74, 6) is -0.146. The minimum atomic E-state index is -0.146. The molecule has 0 saturated heterocycles. The van der Waals surface area contributed by atoms with Gasteiger partial charge in [0.25, 0.3) is 0 Å². The van der Waals surface area contributed by atoms with Gasteiger partial charge >= 0.3 is 5.97 Å². The zero-order chi connectivity index (χ0) is 10.9. The van der Waals surface area contributed by atoms with E-state index in [2.05, 4.69) is 15.8 Å². The number of rotatable bonds is 5. The predicted molar refractivity (Wildman–Crippen MR) is 59.1 cm³/mol. The standard InChI is InChI=1S/C12H15NO2/c1-15-12(14)6-4-2-3-5-11-7-9-13-10-8-11/h3,5,7-10H,2,4,6H2,1H3/b5-3+. The predicted octanol–water partition coefficient (Wildman–Crippen LogP) is 2.44. The van der Waals surface area contributed by atoms with Crippen molar-refractivity contribution >= 4 is 12.0 Å². The number of aromatic nitrogens is 1. The molecule has 0 bridgehead atoms. The van der Waals surface area contributed by atoms with Gasteiger partial charge in [-0.3, -0.25) is 9.78 Å². The molecule has 1 aromatic heterocycles. The molecule has 3 nitrogen and oxygen atoms in total. The second-order valence-corrected chi connectivity index (χ2v) is 3.15. The second-order valence-electron chi connectivity index (χ2n) is 3.15. The fourth-order valence-electron chi connectivity index (χ4n) is 1.16. The normalized spacial score (nSPS) is 10.5. The minimum absolute atomic E-state index is 0.146. The van der Waals surface area contributed by atoms with Crippen molar-refractivity contribution < 1.29 is 9.53 Å². The Bertz CT molecular complexity index is 320. The van der Waals surface area contributed by atoms with E-state index in [-0.39, 0.29) is 5.97 Å². The molecule has 0 aliphatic heterocycles. The summed E-state index contributed by atoms with van der Waals surface area (Å²) in [7, 11) is 1.41. The quantitative estimate of drug-likeness (QED) is 0.547. The Morgan fingerprint density at radius 2 is 2.20 bits per heavy atom. The van der Waals surface area contributed by atoms with Gasteiger partial charge in [0.1, 0.15) is 0 Å². The molecule has 0 atom stereocenters. The van der Waals surface area contributed by atoms with Crippen molar-refractivity contribution in [3.05, 3.63) is 36.2 Å². The summed E-state index contributed by atoms with van der Waals surface area (Å²) in [6, 6.07) is 3.88. The lowest BCUT2D eigenvalue weighted by Crippen LogP contribution is -1.98. The first-order valence-corrected chi connectivity index (χ1v) is 4.96. The molecule has 0 amide bonds. The van der Waals surface area contributed by atoms with Crippen LogP contribution in [0.25, 0.3) is 6.08 Å². The van der Waals surface area contributed by atoms with Gasteiger partial charge in [0.05, 0.1) is 7.11 Å². The molecule has 1 rings (SSSR count). The molecule has 80 valence electrons. The van der Waals surface area contributed by atoms with Gasteiger partial charge in [0, 0.05) is 18.8 Å². The summed E-state index contributed by atoms with van der Waals surface area (Å²) in [6.07, 6.45) is 9.79. The van der Waals surface area contributed by atoms with E-state index >= 15 is 0 Å². The fraction of sp³-hybridized carbons (Fsp3) is 0.333. The van der Waals surface area contributed by atoms with E-state index < -0.39 is 0 Å². The van der Waals surface area contributed by atoms with E-state index in [4.69, 9.17) is 0 Å². The molecule has 0 saturated carbocycles. The fourth-order valence-corrected chi connectivity index (χ4v) is 1.16. The van der Waals surface area contributed by atoms with Crippen molar-refractivity contribution in [2.24, 2.45) is 0 Å². The molecule has 0 unspecified atom stereocenters. The molecule has 1 aromatic rings. The van der Waals surface area contributed by atoms with E-state index in [1.165, 1.54) is 7.11 Å². The molecule has 0 aromatic carbocycles. The Hall–Kier alpha value is -1.64. The summed E-state index contributed by atoms with van der Waals surface area (Å²) in [5, 5.41) is 0. The van der Waals surface area contributed by atoms with Crippen LogP contribution in [-0.4, -0.2) is 18.1 Å². The van der Waals surface area contributed by atoms with Crippen molar-refractivity contribution in [1.82, 2.24) is 4.98 Å². The number of hydrogen-bond acceptors (Lipinski definition) is 3. The van der Waals surface area contributed by atoms with E-state index in [1.807, 2.05) is 18.2 Å². The summed E-state index contributed by atoms with van der Waals surface area (Å²) < 4.78 is 4.54. The number of allylic oxidation sites excluding steroid dienone is 1. The van der Waals surface area contributed by atoms with Crippen LogP contribution in [0, 0.1) is 0 Å². The SMILES string of the molecule is COC(=O)CCC/C=C/c1ccncc1. The number of carbonyl (C=O) groups excluding carboxylic acids is 1. The number of methoxy groups -OCH3 is 1. The molecule has 0 aliphatic carbocycles. The van der Waals surface area contributed by atoms with Crippen LogP contribution >= 0.6 is 0 Å². The lowest BCUT2D eigenvalue weighted by Gasteiger charge is -1.95. The highest BCUT2D eigenvalue weighted by atomic mass is 16.5. The number of hydrogen-bond donors (Lipinski definition) is 0. The summed E-state index contributed by atoms with van der Waals surface area (Å²) in [5.41, 5.74) is 1.13. The van der Waals surface area contributed by atoms with Crippen LogP contribution in [0.4, 0.5) is 0 Å². The number of ether oxygens (including phenoxy) is 1. The van der Waals surface area contributed by atoms with E-state index in [1.54, 1.807) is 12.4 Å². The van der Waals surface area contributed by atoms with Crippen molar-refractivity contribution in [3.8, 4) is 0 Å². The number of carbonyl (C=O) groups is 1. The van der Waals surface area contributed by atoms with Gasteiger partial charge in [0.2, 0.25) is 0 Å². The van der Waals surface area contributed by atoms with Crippen LogP contribution in [0.1, 0.15) is 24.8 Å². The number of esters is 1. The Balaban J connectivity index is 2.20. The lowest BCUT2D eigenvalue weighted by atomic mass is 10.2. The largest absolute Gasteiger partial charge is 0.469 e. The molecular weight excluding hydrogens is 190 g/mol. The van der Waals surface area contributed by atoms with Crippen LogP contribution < -0.4 is 0 Å². The minimum Gasteiger partial charge on any atom is -0.469 e. The summed E-state index contributed by atoms with van der Waals surface area (Å²) in [6.45, 7) is 0. The zero-order valence-corrected chi connectivity index (χ0v) is 8.85. The van der Waals surface area contributed by atoms with E-state index in [0.717, 1.165) is 18.4 Å². The molecule has 15 heavy (non-hydrogen) atoms. The third-order valence-electron chi connectivity index (χ3n) is 2.00. The monoisotopic (exact) mass is 205 g/mol. The third kappa shape index (κ3) is 4.96. The van der Waals surface area contributed by atoms with Crippen LogP contribution in [-0.2, 0) is 9.53 Å². The lowest BCUT2D eigenvalue weighted by molar-refractivity contribution is -0.140. The molecule has 0 spiro atoms. The summed E-state index contributed by atoms with van der Waals surface area (Å²) in [4.78, 5) is 14.7. The molecule has 1 heterocycles. The van der Waals surface area contributed by atoms with Gasteiger partial charge in [-0.15, -0.1) is 0 Å². The van der Waals surface area contributed by atoms with Crippen LogP contribution in [0.5, 0.6) is 0 Å². The smallest absolute Gasteiger partial charge is 0.305 e. The molecule has 0 fully saturated rings. The second kappa shape index (κ2) is 6.76. The molecule has 0 N–H and O–H groups in total. The Morgan fingerprint density at radius 1 is 1.47 bits per heavy atom. The maximum absolute atomic E-state index is 10.8. The molecular formula is C12H15NO2. The average Bonchev–Trinajstić information content (AvgIpc) is 2.29. The number of pyridine rings is 1. The molecule has 0 aliphatic rings. The van der Waals surface area contributed by atoms with Gasteiger partial charge in [0.15, 0.2) is 0 Å². The number of unbranched alkanes of at least 4 members (excludes halogenated alkanes) is 1. The van der Waals surface area contributed by atoms with Crippen molar-refractivity contribution in [2.75, 3.05) is 7.11 Å². The van der Waals surface area contributed by atoms with Crippen LogP contribution in [0.15, 0.2) is 30.6 Å². The first-order valence-electron chi connectivity index (χ1n) is 4.96. The highest BCUT2D eigenvalue weighted by Gasteiger charge is 1.96. The molecule has 3 heteroatoms. The Labute approximate surface area is 89.8 Å². The van der Waals surface area contributed by atoms with E-state index in [9.17, 15) is 4.79 Å². The van der Waals surface area contributed by atoms with Gasteiger partial charge < -0.3 is 4.74 Å². The first-order chi connectivity index (χ1) is 7.33. The van der Waals surface area contributed by atoms with Gasteiger partial charge in [-0.25, -0.2) is 0 Å². The number of nitrogens with zero attached hydrogens (tertiary/aromatic N) is 1. The third-order valence-corrected chi connectivity index (χ3v) is 2.00. The Kier molecular flexibility index (Phi) is 5.15. The molecule has 0 radical (unpaired) electrons. The van der Waals surface area contributed by atoms with Crippen molar-refractivity contribution in [3.63, 3.8) is 0 Å². The highest BCUT2D eigenvalue weighted by molar-refractivity contribution is 5.69.